The van der Waals surface area contributed by atoms with Gasteiger partial charge in [0.25, 0.3) is 0 Å². The molecule has 0 heterocycles. The van der Waals surface area contributed by atoms with Crippen LogP contribution < -0.4 is 5.73 Å². The third-order valence-electron chi connectivity index (χ3n) is 1.68. The van der Waals surface area contributed by atoms with Crippen LogP contribution in [0.4, 0.5) is 0 Å². The summed E-state index contributed by atoms with van der Waals surface area (Å²) in [5.74, 6) is 0.845. The molecule has 2 unspecified atom stereocenters. The summed E-state index contributed by atoms with van der Waals surface area (Å²) in [6.45, 7) is 4.32. The number of hydrogen-bond donors (Lipinski definition) is 1. The van der Waals surface area contributed by atoms with Crippen molar-refractivity contribution in [3.05, 3.63) is 0 Å². The van der Waals surface area contributed by atoms with Gasteiger partial charge in [0.05, 0.1) is 0 Å². The molecule has 0 saturated heterocycles. The van der Waals surface area contributed by atoms with Gasteiger partial charge in [-0.1, -0.05) is 0 Å². The van der Waals surface area contributed by atoms with Crippen LogP contribution >= 0.6 is 28.7 Å². The summed E-state index contributed by atoms with van der Waals surface area (Å²) >= 11 is 3.05. The fraction of sp³-hybridized carbons (Fsp3) is 1.00. The van der Waals surface area contributed by atoms with Crippen molar-refractivity contribution in [1.82, 2.24) is 0 Å². The molecule has 0 aromatic heterocycles. The summed E-state index contributed by atoms with van der Waals surface area (Å²) in [5, 5.41) is 0.712. The van der Waals surface area contributed by atoms with Crippen molar-refractivity contribution in [2.24, 2.45) is 5.73 Å². The quantitative estimate of drug-likeness (QED) is 0.547. The summed E-state index contributed by atoms with van der Waals surface area (Å²) in [5.41, 5.74) is 5.65. The fourth-order valence-electron chi connectivity index (χ4n) is 0.961. The molecular weight excluding hydrogens is 357 g/mol. The van der Waals surface area contributed by atoms with Crippen LogP contribution in [-0.4, -0.2) is 40.2 Å². The van der Waals surface area contributed by atoms with Crippen molar-refractivity contribution in [1.29, 1.82) is 0 Å². The number of halogens is 1. The van der Waals surface area contributed by atoms with Crippen LogP contribution in [0.5, 0.6) is 0 Å². The Balaban J connectivity index is 0. The first-order chi connectivity index (χ1) is 5.66. The van der Waals surface area contributed by atoms with Crippen LogP contribution in [0.25, 0.3) is 0 Å². The molecule has 0 bridgehead atoms. The number of thioether (sulfide) groups is 1. The van der Waals surface area contributed by atoms with E-state index in [-0.39, 0.29) is 17.0 Å². The topological polar surface area (TPSA) is 35.2 Å². The third kappa shape index (κ3) is 13.5. The second-order valence-corrected chi connectivity index (χ2v) is 5.35. The minimum atomic E-state index is 0. The van der Waals surface area contributed by atoms with Crippen LogP contribution in [0, 0.1) is 0 Å². The van der Waals surface area contributed by atoms with E-state index < -0.39 is 0 Å². The van der Waals surface area contributed by atoms with Gasteiger partial charge in [0, 0.05) is 0 Å². The second kappa shape index (κ2) is 11.6. The van der Waals surface area contributed by atoms with Crippen molar-refractivity contribution >= 4 is 51.7 Å². The molecule has 0 aliphatic rings. The van der Waals surface area contributed by atoms with Crippen molar-refractivity contribution < 1.29 is 3.07 Å². The van der Waals surface area contributed by atoms with Crippen molar-refractivity contribution in [3.8, 4) is 0 Å². The van der Waals surface area contributed by atoms with Gasteiger partial charge in [-0.3, -0.25) is 0 Å². The van der Waals surface area contributed by atoms with E-state index in [0.29, 0.717) is 11.3 Å². The van der Waals surface area contributed by atoms with E-state index in [1.54, 1.807) is 0 Å². The summed E-state index contributed by atoms with van der Waals surface area (Å²) in [4.78, 5) is 0. The third-order valence-corrected chi connectivity index (χ3v) is 3.75. The Morgan fingerprint density at radius 2 is 2.00 bits per heavy atom. The average molecular weight is 376 g/mol. The van der Waals surface area contributed by atoms with Crippen LogP contribution in [0.15, 0.2) is 0 Å². The van der Waals surface area contributed by atoms with Gasteiger partial charge in [0.1, 0.15) is 0 Å². The van der Waals surface area contributed by atoms with Gasteiger partial charge in [-0.25, -0.2) is 0 Å². The summed E-state index contributed by atoms with van der Waals surface area (Å²) in [6, 6.07) is 0.356. The van der Waals surface area contributed by atoms with E-state index in [0.717, 1.165) is 12.4 Å². The van der Waals surface area contributed by atoms with Gasteiger partial charge in [-0.15, -0.1) is 17.0 Å². The predicted molar refractivity (Wildman–Crippen MR) is 66.6 cm³/mol. The monoisotopic (exact) mass is 376 g/mol. The van der Waals surface area contributed by atoms with E-state index in [1.807, 2.05) is 11.8 Å². The van der Waals surface area contributed by atoms with Crippen LogP contribution in [0.2, 0.25) is 0 Å². The molecule has 3 radical (unpaired) electrons. The molecule has 0 aliphatic heterocycles. The van der Waals surface area contributed by atoms with Gasteiger partial charge < -0.3 is 0 Å². The maximum atomic E-state index is 5.65. The zero-order valence-electron chi connectivity index (χ0n) is 8.29. The van der Waals surface area contributed by atoms with Gasteiger partial charge in [0.2, 0.25) is 0 Å². The summed E-state index contributed by atoms with van der Waals surface area (Å²) in [7, 11) is 0. The number of hydrogen-bond acceptors (Lipinski definition) is 3. The molecule has 0 fully saturated rings. The van der Waals surface area contributed by atoms with Crippen molar-refractivity contribution in [3.63, 3.8) is 0 Å². The average Bonchev–Trinajstić information content (AvgIpc) is 2.00. The Hall–Kier alpha value is 1.55. The molecule has 2 N–H and O–H groups in total. The molecule has 0 saturated carbocycles. The van der Waals surface area contributed by atoms with Crippen molar-refractivity contribution in [2.75, 3.05) is 5.94 Å². The second-order valence-electron chi connectivity index (χ2n) is 3.15. The molecule has 0 amide bonds. The Kier molecular flexibility index (Phi) is 15.2. The maximum absolute atomic E-state index is 5.65. The Morgan fingerprint density at radius 1 is 1.38 bits per heavy atom. The number of nitrogens with two attached hydrogens (primary N) is 1. The Bertz CT molecular complexity index is 108. The van der Waals surface area contributed by atoms with E-state index in [1.165, 1.54) is 35.8 Å². The van der Waals surface area contributed by atoms with E-state index in [2.05, 4.69) is 13.8 Å². The van der Waals surface area contributed by atoms with Crippen LogP contribution in [-0.2, 0) is 3.07 Å². The van der Waals surface area contributed by atoms with E-state index in [9.17, 15) is 0 Å². The first-order valence-electron chi connectivity index (χ1n) is 4.32. The van der Waals surface area contributed by atoms with E-state index in [4.69, 9.17) is 8.81 Å². The number of rotatable bonds is 7. The molecule has 0 aromatic rings. The zero-order valence-corrected chi connectivity index (χ0v) is 13.7. The first-order valence-corrected chi connectivity index (χ1v) is 6.54. The SMILES string of the molecule is Br.CC(N)CCCC(C)SC[O][Sn]. The molecule has 13 heavy (non-hydrogen) atoms. The summed E-state index contributed by atoms with van der Waals surface area (Å²) in [6.07, 6.45) is 3.64. The molecular formula is C8H19BrNOSSn. The van der Waals surface area contributed by atoms with Gasteiger partial charge in [0.15, 0.2) is 0 Å². The molecule has 5 heteroatoms. The molecule has 0 rings (SSSR count). The van der Waals surface area contributed by atoms with Crippen LogP contribution in [0.3, 0.4) is 0 Å². The Morgan fingerprint density at radius 3 is 2.46 bits per heavy atom. The fourth-order valence-corrected chi connectivity index (χ4v) is 2.18. The van der Waals surface area contributed by atoms with Crippen LogP contribution in [0.1, 0.15) is 33.1 Å². The van der Waals surface area contributed by atoms with Gasteiger partial charge >= 0.3 is 93.8 Å². The normalized spacial score (nSPS) is 14.8. The summed E-state index contributed by atoms with van der Waals surface area (Å²) < 4.78 is 5.07. The molecule has 2 nitrogen and oxygen atoms in total. The minimum absolute atomic E-state index is 0. The van der Waals surface area contributed by atoms with Gasteiger partial charge in [-0.2, -0.15) is 0 Å². The van der Waals surface area contributed by atoms with Gasteiger partial charge in [-0.05, 0) is 0 Å². The van der Waals surface area contributed by atoms with Crippen molar-refractivity contribution in [2.45, 2.75) is 44.4 Å². The molecule has 2 atom stereocenters. The predicted octanol–water partition coefficient (Wildman–Crippen LogP) is 2.26. The zero-order chi connectivity index (χ0) is 9.40. The standard InChI is InChI=1S/C8H18NOS.BrH.Sn/c1-7(9)4-3-5-8(2)11-6-10;;/h7-8H,3-6,9H2,1-2H3;1H;/q-1;;+1. The molecule has 0 aliphatic carbocycles. The Labute approximate surface area is 110 Å². The van der Waals surface area contributed by atoms with E-state index >= 15 is 0 Å². The molecule has 0 spiro atoms. The first kappa shape index (κ1) is 17.0. The molecule has 79 valence electrons. The molecule has 0 aromatic carbocycles.